The molecule has 2 rings (SSSR count). The van der Waals surface area contributed by atoms with E-state index in [4.69, 9.17) is 5.73 Å². The first-order chi connectivity index (χ1) is 9.10. The van der Waals surface area contributed by atoms with Gasteiger partial charge in [0.25, 0.3) is 0 Å². The van der Waals surface area contributed by atoms with E-state index in [1.54, 1.807) is 6.07 Å². The summed E-state index contributed by atoms with van der Waals surface area (Å²) in [5.74, 6) is -0.204. The van der Waals surface area contributed by atoms with E-state index in [2.05, 4.69) is 23.9 Å². The maximum atomic E-state index is 13.2. The molecule has 1 unspecified atom stereocenters. The molecule has 1 fully saturated rings. The van der Waals surface area contributed by atoms with Gasteiger partial charge >= 0.3 is 0 Å². The highest BCUT2D eigenvalue weighted by Gasteiger charge is 2.21. The Labute approximate surface area is 115 Å². The average Bonchev–Trinajstić information content (AvgIpc) is 2.40. The summed E-state index contributed by atoms with van der Waals surface area (Å²) in [5, 5.41) is 0. The van der Waals surface area contributed by atoms with E-state index < -0.39 is 0 Å². The third-order valence-corrected chi connectivity index (χ3v) is 4.03. The smallest absolute Gasteiger partial charge is 0.123 e. The molecule has 4 heteroatoms. The molecular formula is C15H24FN3. The van der Waals surface area contributed by atoms with Crippen LogP contribution in [-0.4, -0.2) is 43.0 Å². The molecule has 1 aromatic carbocycles. The summed E-state index contributed by atoms with van der Waals surface area (Å²) >= 11 is 0. The van der Waals surface area contributed by atoms with Crippen LogP contribution in [0.5, 0.6) is 0 Å². The number of nitrogens with zero attached hydrogens (tertiary/aromatic N) is 2. The fourth-order valence-corrected chi connectivity index (χ4v) is 2.84. The van der Waals surface area contributed by atoms with Gasteiger partial charge in [0.2, 0.25) is 0 Å². The second-order valence-electron chi connectivity index (χ2n) is 5.59. The molecule has 1 aliphatic rings. The van der Waals surface area contributed by atoms with Crippen molar-refractivity contribution in [1.29, 1.82) is 0 Å². The molecule has 1 atom stereocenters. The van der Waals surface area contributed by atoms with Crippen LogP contribution in [0.15, 0.2) is 18.2 Å². The summed E-state index contributed by atoms with van der Waals surface area (Å²) in [6.45, 7) is 3.53. The molecule has 1 saturated heterocycles. The van der Waals surface area contributed by atoms with Crippen molar-refractivity contribution >= 4 is 0 Å². The van der Waals surface area contributed by atoms with E-state index in [1.165, 1.54) is 25.5 Å². The van der Waals surface area contributed by atoms with E-state index in [9.17, 15) is 4.39 Å². The Bertz CT molecular complexity index is 422. The Balaban J connectivity index is 2.03. The first-order valence-corrected chi connectivity index (χ1v) is 6.96. The van der Waals surface area contributed by atoms with Gasteiger partial charge < -0.3 is 10.6 Å². The Morgan fingerprint density at radius 2 is 2.21 bits per heavy atom. The number of hydrogen-bond donors (Lipinski definition) is 1. The summed E-state index contributed by atoms with van der Waals surface area (Å²) < 4.78 is 13.2. The molecule has 2 N–H and O–H groups in total. The molecule has 1 aliphatic heterocycles. The lowest BCUT2D eigenvalue weighted by Gasteiger charge is -2.36. The number of piperidine rings is 1. The quantitative estimate of drug-likeness (QED) is 0.901. The van der Waals surface area contributed by atoms with Gasteiger partial charge in [-0.3, -0.25) is 4.90 Å². The Morgan fingerprint density at radius 1 is 1.42 bits per heavy atom. The van der Waals surface area contributed by atoms with Crippen LogP contribution in [-0.2, 0) is 13.1 Å². The van der Waals surface area contributed by atoms with Gasteiger partial charge in [-0.2, -0.15) is 0 Å². The molecule has 0 aliphatic carbocycles. The lowest BCUT2D eigenvalue weighted by atomic mass is 10.0. The molecule has 1 aromatic rings. The van der Waals surface area contributed by atoms with Crippen LogP contribution in [0.25, 0.3) is 0 Å². The predicted octanol–water partition coefficient (Wildman–Crippen LogP) is 1.81. The van der Waals surface area contributed by atoms with Gasteiger partial charge in [-0.25, -0.2) is 4.39 Å². The van der Waals surface area contributed by atoms with Crippen LogP contribution in [0, 0.1) is 5.82 Å². The minimum absolute atomic E-state index is 0.204. The van der Waals surface area contributed by atoms with E-state index in [1.807, 2.05) is 6.07 Å². The zero-order chi connectivity index (χ0) is 13.8. The number of rotatable bonds is 4. The van der Waals surface area contributed by atoms with Crippen molar-refractivity contribution in [3.05, 3.63) is 35.1 Å². The van der Waals surface area contributed by atoms with Gasteiger partial charge in [0.1, 0.15) is 5.82 Å². The van der Waals surface area contributed by atoms with Gasteiger partial charge in [-0.15, -0.1) is 0 Å². The minimum Gasteiger partial charge on any atom is -0.326 e. The molecule has 0 spiro atoms. The Morgan fingerprint density at radius 3 is 2.89 bits per heavy atom. The topological polar surface area (TPSA) is 32.5 Å². The van der Waals surface area contributed by atoms with E-state index in [0.29, 0.717) is 12.6 Å². The van der Waals surface area contributed by atoms with E-state index >= 15 is 0 Å². The van der Waals surface area contributed by atoms with E-state index in [0.717, 1.165) is 24.2 Å². The Hall–Kier alpha value is -0.970. The maximum Gasteiger partial charge on any atom is 0.123 e. The van der Waals surface area contributed by atoms with Crippen LogP contribution in [0.1, 0.15) is 24.0 Å². The monoisotopic (exact) mass is 265 g/mol. The predicted molar refractivity (Wildman–Crippen MR) is 76.3 cm³/mol. The lowest BCUT2D eigenvalue weighted by Crippen LogP contribution is -2.44. The third kappa shape index (κ3) is 3.75. The van der Waals surface area contributed by atoms with Crippen molar-refractivity contribution in [3.63, 3.8) is 0 Å². The number of nitrogens with two attached hydrogens (primary N) is 1. The fraction of sp³-hybridized carbons (Fsp3) is 0.600. The maximum absolute atomic E-state index is 13.2. The summed E-state index contributed by atoms with van der Waals surface area (Å²) in [5.41, 5.74) is 7.75. The summed E-state index contributed by atoms with van der Waals surface area (Å²) in [4.78, 5) is 4.74. The molecule has 0 radical (unpaired) electrons. The van der Waals surface area contributed by atoms with Gasteiger partial charge in [0, 0.05) is 25.7 Å². The van der Waals surface area contributed by atoms with Gasteiger partial charge in [0.15, 0.2) is 0 Å². The van der Waals surface area contributed by atoms with Gasteiger partial charge in [-0.1, -0.05) is 6.07 Å². The first kappa shape index (κ1) is 14.4. The van der Waals surface area contributed by atoms with Crippen molar-refractivity contribution < 1.29 is 4.39 Å². The molecule has 1 heterocycles. The number of benzene rings is 1. The number of likely N-dealkylation sites (tertiary alicyclic amines) is 1. The second-order valence-corrected chi connectivity index (χ2v) is 5.59. The Kier molecular flexibility index (Phi) is 4.91. The highest BCUT2D eigenvalue weighted by molar-refractivity contribution is 5.27. The van der Waals surface area contributed by atoms with Crippen molar-refractivity contribution in [2.75, 3.05) is 27.2 Å². The van der Waals surface area contributed by atoms with Crippen LogP contribution in [0.2, 0.25) is 0 Å². The van der Waals surface area contributed by atoms with E-state index in [-0.39, 0.29) is 5.82 Å². The zero-order valence-corrected chi connectivity index (χ0v) is 11.9. The number of likely N-dealkylation sites (N-methyl/N-ethyl adjacent to an activating group) is 2. The minimum atomic E-state index is -0.204. The van der Waals surface area contributed by atoms with Crippen molar-refractivity contribution in [3.8, 4) is 0 Å². The van der Waals surface area contributed by atoms with Gasteiger partial charge in [-0.05, 0) is 56.7 Å². The molecule has 0 bridgehead atoms. The normalized spacial score (nSPS) is 21.0. The second kappa shape index (κ2) is 6.46. The molecule has 106 valence electrons. The highest BCUT2D eigenvalue weighted by Crippen LogP contribution is 2.18. The number of halogens is 1. The van der Waals surface area contributed by atoms with Crippen molar-refractivity contribution in [2.24, 2.45) is 5.73 Å². The zero-order valence-electron chi connectivity index (χ0n) is 11.9. The van der Waals surface area contributed by atoms with Crippen LogP contribution >= 0.6 is 0 Å². The molecule has 3 nitrogen and oxygen atoms in total. The average molecular weight is 265 g/mol. The third-order valence-electron chi connectivity index (χ3n) is 4.03. The van der Waals surface area contributed by atoms with Crippen LogP contribution < -0.4 is 5.73 Å². The van der Waals surface area contributed by atoms with Crippen molar-refractivity contribution in [1.82, 2.24) is 9.80 Å². The first-order valence-electron chi connectivity index (χ1n) is 6.96. The standard InChI is InChI=1S/C15H24FN3/c1-18-7-3-4-15(11-18)19(2)10-12-5-6-14(16)8-13(12)9-17/h5-6,8,15H,3-4,7,9-11,17H2,1-2H3. The molecule has 0 aromatic heterocycles. The van der Waals surface area contributed by atoms with Crippen LogP contribution in [0.3, 0.4) is 0 Å². The lowest BCUT2D eigenvalue weighted by molar-refractivity contribution is 0.129. The number of hydrogen-bond acceptors (Lipinski definition) is 3. The van der Waals surface area contributed by atoms with Crippen molar-refractivity contribution in [2.45, 2.75) is 32.0 Å². The summed E-state index contributed by atoms with van der Waals surface area (Å²) in [7, 11) is 4.32. The summed E-state index contributed by atoms with van der Waals surface area (Å²) in [6, 6.07) is 5.51. The molecule has 0 saturated carbocycles. The highest BCUT2D eigenvalue weighted by atomic mass is 19.1. The summed E-state index contributed by atoms with van der Waals surface area (Å²) in [6.07, 6.45) is 2.48. The molecule has 0 amide bonds. The largest absolute Gasteiger partial charge is 0.326 e. The SMILES string of the molecule is CN1CCCC(N(C)Cc2ccc(F)cc2CN)C1. The molecule has 19 heavy (non-hydrogen) atoms. The van der Waals surface area contributed by atoms with Gasteiger partial charge in [0.05, 0.1) is 0 Å². The molecular weight excluding hydrogens is 241 g/mol. The van der Waals surface area contributed by atoms with Crippen LogP contribution in [0.4, 0.5) is 4.39 Å². The fourth-order valence-electron chi connectivity index (χ4n) is 2.84.